The molecule has 2 saturated heterocycles. The van der Waals surface area contributed by atoms with E-state index in [-0.39, 0.29) is 29.8 Å². The van der Waals surface area contributed by atoms with Crippen LogP contribution in [0, 0.1) is 22.0 Å². The predicted octanol–water partition coefficient (Wildman–Crippen LogP) is 1.94. The van der Waals surface area contributed by atoms with Crippen LogP contribution in [0.25, 0.3) is 0 Å². The Bertz CT molecular complexity index is 634. The second-order valence-electron chi connectivity index (χ2n) is 6.23. The van der Waals surface area contributed by atoms with Crippen LogP contribution in [-0.2, 0) is 10.5 Å². The van der Waals surface area contributed by atoms with Crippen molar-refractivity contribution in [1.29, 1.82) is 0 Å². The molecule has 138 valence electrons. The molecule has 0 spiro atoms. The second-order valence-corrected chi connectivity index (χ2v) is 7.22. The smallest absolute Gasteiger partial charge is 0.311 e. The number of thioether (sulfide) groups is 1. The van der Waals surface area contributed by atoms with Crippen LogP contribution in [0.3, 0.4) is 0 Å². The van der Waals surface area contributed by atoms with E-state index < -0.39 is 4.92 Å². The van der Waals surface area contributed by atoms with Crippen molar-refractivity contribution < 1.29 is 14.5 Å². The maximum Gasteiger partial charge on any atom is 0.311 e. The number of ether oxygens (including phenoxy) is 1. The van der Waals surface area contributed by atoms with Gasteiger partial charge in [0.05, 0.1) is 17.8 Å². The topological polar surface area (TPSA) is 84.7 Å². The lowest BCUT2D eigenvalue weighted by Gasteiger charge is -2.17. The van der Waals surface area contributed by atoms with Gasteiger partial charge in [-0.15, -0.1) is 24.2 Å². The van der Waals surface area contributed by atoms with E-state index in [4.69, 9.17) is 4.74 Å². The Morgan fingerprint density at radius 2 is 2.08 bits per heavy atom. The first-order valence-electron chi connectivity index (χ1n) is 7.96. The average Bonchev–Trinajstić information content (AvgIpc) is 3.16. The number of amides is 1. The molecule has 0 unspecified atom stereocenters. The molecule has 7 nitrogen and oxygen atoms in total. The van der Waals surface area contributed by atoms with Crippen LogP contribution < -0.4 is 10.1 Å². The van der Waals surface area contributed by atoms with Gasteiger partial charge < -0.3 is 15.0 Å². The van der Waals surface area contributed by atoms with Crippen LogP contribution >= 0.6 is 24.2 Å². The summed E-state index contributed by atoms with van der Waals surface area (Å²) in [4.78, 5) is 24.8. The summed E-state index contributed by atoms with van der Waals surface area (Å²) in [5.74, 6) is 2.59. The van der Waals surface area contributed by atoms with Crippen LogP contribution in [0.2, 0.25) is 0 Å². The largest absolute Gasteiger partial charge is 0.490 e. The van der Waals surface area contributed by atoms with Gasteiger partial charge in [0, 0.05) is 38.0 Å². The summed E-state index contributed by atoms with van der Waals surface area (Å²) in [7, 11) is 1.41. The first-order valence-corrected chi connectivity index (χ1v) is 9.11. The van der Waals surface area contributed by atoms with Crippen LogP contribution in [0.15, 0.2) is 18.2 Å². The third kappa shape index (κ3) is 4.56. The van der Waals surface area contributed by atoms with Gasteiger partial charge in [0.15, 0.2) is 5.75 Å². The Kier molecular flexibility index (Phi) is 6.92. The number of likely N-dealkylation sites (tertiary alicyclic amines) is 1. The Morgan fingerprint density at radius 3 is 2.68 bits per heavy atom. The molecule has 1 aromatic rings. The fourth-order valence-electron chi connectivity index (χ4n) is 3.37. The molecule has 2 heterocycles. The van der Waals surface area contributed by atoms with E-state index >= 15 is 0 Å². The third-order valence-corrected chi connectivity index (χ3v) is 5.66. The number of nitrogens with zero attached hydrogens (tertiary/aromatic N) is 2. The summed E-state index contributed by atoms with van der Waals surface area (Å²) >= 11 is 1.49. The number of rotatable bonds is 6. The van der Waals surface area contributed by atoms with Crippen LogP contribution in [0.5, 0.6) is 5.75 Å². The number of halogens is 1. The molecule has 2 aliphatic rings. The highest BCUT2D eigenvalue weighted by atomic mass is 35.5. The monoisotopic (exact) mass is 387 g/mol. The standard InChI is InChI=1S/C16H21N3O4S.ClH/c1-23-15-3-2-11(4-14(15)19(21)22)9-24-10-16(20)18-7-12-5-17-6-13(12)8-18;/h2-4,12-13,17H,5-10H2,1H3;1H/t12-,13+;. The van der Waals surface area contributed by atoms with Crippen molar-refractivity contribution in [2.75, 3.05) is 39.0 Å². The molecular weight excluding hydrogens is 366 g/mol. The van der Waals surface area contributed by atoms with Gasteiger partial charge in [0.1, 0.15) is 0 Å². The molecule has 9 heteroatoms. The molecule has 0 bridgehead atoms. The first kappa shape index (κ1) is 19.8. The number of nitro benzene ring substituents is 1. The molecule has 1 aromatic carbocycles. The van der Waals surface area contributed by atoms with Gasteiger partial charge in [0.25, 0.3) is 0 Å². The van der Waals surface area contributed by atoms with E-state index in [1.807, 2.05) is 4.90 Å². The number of hydrogen-bond acceptors (Lipinski definition) is 6. The van der Waals surface area contributed by atoms with Gasteiger partial charge in [-0.1, -0.05) is 6.07 Å². The number of nitrogens with one attached hydrogen (secondary N) is 1. The van der Waals surface area contributed by atoms with Crippen LogP contribution in [0.1, 0.15) is 5.56 Å². The highest BCUT2D eigenvalue weighted by Crippen LogP contribution is 2.30. The van der Waals surface area contributed by atoms with Gasteiger partial charge >= 0.3 is 5.69 Å². The Hall–Kier alpha value is -1.51. The predicted molar refractivity (Wildman–Crippen MR) is 99.5 cm³/mol. The molecule has 2 fully saturated rings. The number of methoxy groups -OCH3 is 1. The van der Waals surface area contributed by atoms with Crippen molar-refractivity contribution in [3.05, 3.63) is 33.9 Å². The number of fused-ring (bicyclic) bond motifs is 1. The summed E-state index contributed by atoms with van der Waals surface area (Å²) in [6, 6.07) is 4.92. The molecule has 2 atom stereocenters. The van der Waals surface area contributed by atoms with Crippen LogP contribution in [-0.4, -0.2) is 54.8 Å². The zero-order chi connectivity index (χ0) is 17.1. The Balaban J connectivity index is 0.00000225. The van der Waals surface area contributed by atoms with Crippen molar-refractivity contribution in [2.24, 2.45) is 11.8 Å². The number of hydrogen-bond donors (Lipinski definition) is 1. The summed E-state index contributed by atoms with van der Waals surface area (Å²) in [5.41, 5.74) is 0.782. The zero-order valence-corrected chi connectivity index (χ0v) is 15.6. The normalized spacial score (nSPS) is 21.6. The molecular formula is C16H22ClN3O4S. The maximum atomic E-state index is 12.3. The van der Waals surface area contributed by atoms with Crippen molar-refractivity contribution in [3.63, 3.8) is 0 Å². The minimum Gasteiger partial charge on any atom is -0.490 e. The molecule has 1 N–H and O–H groups in total. The lowest BCUT2D eigenvalue weighted by molar-refractivity contribution is -0.385. The lowest BCUT2D eigenvalue weighted by atomic mass is 10.0. The van der Waals surface area contributed by atoms with E-state index in [1.54, 1.807) is 12.1 Å². The fraction of sp³-hybridized carbons (Fsp3) is 0.562. The minimum atomic E-state index is -0.449. The summed E-state index contributed by atoms with van der Waals surface area (Å²) in [6.07, 6.45) is 0. The molecule has 0 aliphatic carbocycles. The van der Waals surface area contributed by atoms with Crippen molar-refractivity contribution >= 4 is 35.8 Å². The van der Waals surface area contributed by atoms with Crippen molar-refractivity contribution in [1.82, 2.24) is 10.2 Å². The van der Waals surface area contributed by atoms with Crippen LogP contribution in [0.4, 0.5) is 5.69 Å². The number of carbonyl (C=O) groups excluding carboxylic acids is 1. The van der Waals surface area contributed by atoms with E-state index in [9.17, 15) is 14.9 Å². The third-order valence-electron chi connectivity index (χ3n) is 4.68. The Labute approximate surface area is 157 Å². The average molecular weight is 388 g/mol. The molecule has 25 heavy (non-hydrogen) atoms. The van der Waals surface area contributed by atoms with Gasteiger partial charge in [-0.3, -0.25) is 14.9 Å². The maximum absolute atomic E-state index is 12.3. The molecule has 1 amide bonds. The number of carbonyl (C=O) groups is 1. The molecule has 2 aliphatic heterocycles. The fourth-order valence-corrected chi connectivity index (χ4v) is 4.25. The quantitative estimate of drug-likeness (QED) is 0.593. The molecule has 0 aromatic heterocycles. The first-order chi connectivity index (χ1) is 11.6. The summed E-state index contributed by atoms with van der Waals surface area (Å²) < 4.78 is 4.99. The zero-order valence-electron chi connectivity index (χ0n) is 14.0. The van der Waals surface area contributed by atoms with Gasteiger partial charge in [-0.25, -0.2) is 0 Å². The minimum absolute atomic E-state index is 0. The van der Waals surface area contributed by atoms with Crippen molar-refractivity contribution in [2.45, 2.75) is 5.75 Å². The van der Waals surface area contributed by atoms with E-state index in [0.717, 1.165) is 31.7 Å². The number of nitro groups is 1. The van der Waals surface area contributed by atoms with Crippen molar-refractivity contribution in [3.8, 4) is 5.75 Å². The highest BCUT2D eigenvalue weighted by molar-refractivity contribution is 7.99. The Morgan fingerprint density at radius 1 is 1.40 bits per heavy atom. The van der Waals surface area contributed by atoms with E-state index in [1.165, 1.54) is 24.9 Å². The summed E-state index contributed by atoms with van der Waals surface area (Å²) in [6.45, 7) is 3.73. The second kappa shape index (κ2) is 8.73. The van der Waals surface area contributed by atoms with E-state index in [2.05, 4.69) is 5.32 Å². The van der Waals surface area contributed by atoms with Gasteiger partial charge in [-0.05, 0) is 23.5 Å². The highest BCUT2D eigenvalue weighted by Gasteiger charge is 2.37. The van der Waals surface area contributed by atoms with E-state index in [0.29, 0.717) is 23.3 Å². The molecule has 0 radical (unpaired) electrons. The van der Waals surface area contributed by atoms with Gasteiger partial charge in [-0.2, -0.15) is 0 Å². The summed E-state index contributed by atoms with van der Waals surface area (Å²) in [5, 5.41) is 14.4. The number of benzene rings is 1. The van der Waals surface area contributed by atoms with Gasteiger partial charge in [0.2, 0.25) is 5.91 Å². The molecule has 3 rings (SSSR count). The lowest BCUT2D eigenvalue weighted by Crippen LogP contribution is -2.33. The SMILES string of the molecule is COc1ccc(CSCC(=O)N2C[C@H]3CNC[C@H]3C2)cc1[N+](=O)[O-].Cl. The molecule has 0 saturated carbocycles.